The van der Waals surface area contributed by atoms with Crippen LogP contribution in [0.5, 0.6) is 0 Å². The van der Waals surface area contributed by atoms with Crippen molar-refractivity contribution in [3.8, 4) is 0 Å². The minimum atomic E-state index is -4.69. The number of rotatable bonds is 9. The molecule has 1 aliphatic rings. The first-order valence-corrected chi connectivity index (χ1v) is 18.8. The van der Waals surface area contributed by atoms with Crippen LogP contribution in [0.2, 0.25) is 5.02 Å². The number of carbonyl (C=O) groups is 3. The first-order valence-electron chi connectivity index (χ1n) is 17.6. The van der Waals surface area contributed by atoms with Crippen LogP contribution in [0.1, 0.15) is 54.4 Å². The Bertz CT molecular complexity index is 1910. The van der Waals surface area contributed by atoms with Crippen LogP contribution in [0, 0.1) is 0 Å². The Labute approximate surface area is 315 Å². The predicted molar refractivity (Wildman–Crippen MR) is 201 cm³/mol. The minimum Gasteiger partial charge on any atom is -0.361 e. The molecule has 0 aliphatic carbocycles. The van der Waals surface area contributed by atoms with Crippen molar-refractivity contribution >= 4 is 52.0 Å². The van der Waals surface area contributed by atoms with E-state index < -0.39 is 47.6 Å². The Hall–Kier alpha value is -4.08. The zero-order chi connectivity index (χ0) is 38.1. The highest BCUT2D eigenvalue weighted by Crippen LogP contribution is 2.41. The van der Waals surface area contributed by atoms with Crippen molar-refractivity contribution in [1.82, 2.24) is 25.8 Å². The monoisotopic (exact) mass is 771 g/mol. The molecule has 1 aromatic heterocycles. The number of unbranched alkanes of at least 4 members (excludes halogenated alkanes) is 1. The summed E-state index contributed by atoms with van der Waals surface area (Å²) in [6.07, 6.45) is -0.472. The number of likely N-dealkylation sites (N-methyl/N-ethyl adjacent to an activating group) is 1. The van der Waals surface area contributed by atoms with Crippen LogP contribution in [-0.2, 0) is 40.1 Å². The third-order valence-electron chi connectivity index (χ3n) is 9.41. The van der Waals surface area contributed by atoms with E-state index in [9.17, 15) is 27.6 Å². The van der Waals surface area contributed by atoms with Gasteiger partial charge in [0.25, 0.3) is 0 Å². The Morgan fingerprint density at radius 2 is 1.60 bits per heavy atom. The molecule has 284 valence electrons. The van der Waals surface area contributed by atoms with Crippen molar-refractivity contribution in [3.63, 3.8) is 0 Å². The Morgan fingerprint density at radius 3 is 2.36 bits per heavy atom. The Kier molecular flexibility index (Phi) is 13.9. The topological polar surface area (TPSA) is 158 Å². The highest BCUT2D eigenvalue weighted by atomic mass is 35.5. The molecule has 1 unspecified atom stereocenters. The van der Waals surface area contributed by atoms with Crippen molar-refractivity contribution in [1.29, 1.82) is 0 Å². The molecule has 0 bridgehead atoms. The number of nitrogens with one attached hydrogen (secondary N) is 4. The van der Waals surface area contributed by atoms with Crippen molar-refractivity contribution in [2.24, 2.45) is 11.5 Å². The lowest BCUT2D eigenvalue weighted by atomic mass is 10.0. The van der Waals surface area contributed by atoms with Crippen LogP contribution in [0.3, 0.4) is 0 Å². The van der Waals surface area contributed by atoms with E-state index in [1.165, 1.54) is 23.7 Å². The van der Waals surface area contributed by atoms with Gasteiger partial charge in [-0.2, -0.15) is 13.2 Å². The van der Waals surface area contributed by atoms with Gasteiger partial charge < -0.3 is 37.3 Å². The molecule has 3 amide bonds. The van der Waals surface area contributed by atoms with Crippen LogP contribution in [-0.4, -0.2) is 65.9 Å². The van der Waals surface area contributed by atoms with Gasteiger partial charge in [0.15, 0.2) is 0 Å². The number of benzene rings is 3. The fourth-order valence-corrected chi connectivity index (χ4v) is 7.85. The quantitative estimate of drug-likeness (QED) is 0.123. The van der Waals surface area contributed by atoms with Crippen molar-refractivity contribution in [3.05, 3.63) is 94.1 Å². The largest absolute Gasteiger partial charge is 0.416 e. The number of nitrogens with zero attached hydrogens (tertiary/aromatic N) is 1. The number of alkyl halides is 3. The first kappa shape index (κ1) is 40.1. The molecule has 4 aromatic rings. The third kappa shape index (κ3) is 10.1. The molecule has 0 saturated heterocycles. The molecule has 0 spiro atoms. The predicted octanol–water partition coefficient (Wildman–Crippen LogP) is 5.50. The SMILES string of the molecule is CN1C(=O)[C@@H](CCCCN)NC(=O)C(CCCN)NCc2ccccc2Sc2c(Cl)cc(C(F)(F)F)cc2CNC(=O)[C@@H]1Cc1c[nH]c2ccccc12. The number of H-pyrrole nitrogens is 1. The molecular formula is C38H45ClF3N7O3S. The summed E-state index contributed by atoms with van der Waals surface area (Å²) in [6.45, 7) is 0.680. The molecule has 53 heavy (non-hydrogen) atoms. The van der Waals surface area contributed by atoms with Gasteiger partial charge in [-0.1, -0.05) is 59.8 Å². The molecule has 0 saturated carbocycles. The van der Waals surface area contributed by atoms with E-state index in [1.54, 1.807) is 12.3 Å². The standard InChI is InChI=1S/C38H45ClF3N7O3S/c1-49-32(18-24-21-45-29-11-4-3-10-27(24)29)36(51)47-22-25-17-26(38(40,41)42)19-28(39)34(25)53-33-14-5-2-9-23(33)20-46-30(13-8-16-44)35(50)48-31(37(49)52)12-6-7-15-43/h2-5,9-11,14,17,19,21,30-32,45-46H,6-8,12-13,15-16,18,20,22,43-44H2,1H3,(H,47,51)(H,48,50)/t30?,31-,32+/m1/s1. The highest BCUT2D eigenvalue weighted by Gasteiger charge is 2.35. The first-order chi connectivity index (χ1) is 25.4. The van der Waals surface area contributed by atoms with E-state index in [-0.39, 0.29) is 36.5 Å². The van der Waals surface area contributed by atoms with E-state index in [4.69, 9.17) is 23.1 Å². The molecule has 2 heterocycles. The average Bonchev–Trinajstić information content (AvgIpc) is 3.55. The van der Waals surface area contributed by atoms with Crippen molar-refractivity contribution in [2.75, 3.05) is 20.1 Å². The number of fused-ring (bicyclic) bond motifs is 3. The molecule has 1 aliphatic heterocycles. The van der Waals surface area contributed by atoms with E-state index in [1.807, 2.05) is 42.5 Å². The van der Waals surface area contributed by atoms with Gasteiger partial charge in [0.2, 0.25) is 17.7 Å². The fraction of sp³-hybridized carbons (Fsp3) is 0.395. The van der Waals surface area contributed by atoms with Crippen LogP contribution >= 0.6 is 23.4 Å². The molecule has 8 N–H and O–H groups in total. The fourth-order valence-electron chi connectivity index (χ4n) is 6.44. The van der Waals surface area contributed by atoms with Gasteiger partial charge in [-0.05, 0) is 86.1 Å². The molecule has 0 radical (unpaired) electrons. The average molecular weight is 772 g/mol. The smallest absolute Gasteiger partial charge is 0.361 e. The van der Waals surface area contributed by atoms with Gasteiger partial charge in [0.05, 0.1) is 16.6 Å². The second-order valence-electron chi connectivity index (χ2n) is 13.1. The third-order valence-corrected chi connectivity index (χ3v) is 11.1. The summed E-state index contributed by atoms with van der Waals surface area (Å²) < 4.78 is 42.2. The van der Waals surface area contributed by atoms with Gasteiger partial charge in [-0.25, -0.2) is 0 Å². The second-order valence-corrected chi connectivity index (χ2v) is 14.6. The molecule has 15 heteroatoms. The molecule has 3 aromatic carbocycles. The van der Waals surface area contributed by atoms with Gasteiger partial charge in [0.1, 0.15) is 12.1 Å². The van der Waals surface area contributed by atoms with Gasteiger partial charge in [0, 0.05) is 53.4 Å². The van der Waals surface area contributed by atoms with Crippen LogP contribution in [0.25, 0.3) is 10.9 Å². The van der Waals surface area contributed by atoms with Crippen molar-refractivity contribution < 1.29 is 27.6 Å². The molecular weight excluding hydrogens is 727 g/mol. The lowest BCUT2D eigenvalue weighted by molar-refractivity contribution is -0.142. The molecule has 10 nitrogen and oxygen atoms in total. The van der Waals surface area contributed by atoms with Crippen molar-refractivity contribution in [2.45, 2.75) is 85.7 Å². The van der Waals surface area contributed by atoms with Gasteiger partial charge in [-0.15, -0.1) is 0 Å². The van der Waals surface area contributed by atoms with E-state index >= 15 is 0 Å². The van der Waals surface area contributed by atoms with Gasteiger partial charge >= 0.3 is 6.18 Å². The number of nitrogens with two attached hydrogens (primary N) is 2. The number of carbonyl (C=O) groups excluding carboxylic acids is 3. The summed E-state index contributed by atoms with van der Waals surface area (Å²) in [5.41, 5.74) is 13.2. The summed E-state index contributed by atoms with van der Waals surface area (Å²) in [4.78, 5) is 48.1. The molecule has 5 rings (SSSR count). The van der Waals surface area contributed by atoms with Crippen LogP contribution in [0.15, 0.2) is 76.7 Å². The summed E-state index contributed by atoms with van der Waals surface area (Å²) >= 11 is 7.76. The zero-order valence-corrected chi connectivity index (χ0v) is 31.0. The Balaban J connectivity index is 1.61. The summed E-state index contributed by atoms with van der Waals surface area (Å²) in [5.74, 6) is -1.46. The lowest BCUT2D eigenvalue weighted by Crippen LogP contribution is -2.57. The second kappa shape index (κ2) is 18.3. The number of aromatic amines is 1. The number of halogens is 4. The number of hydrogen-bond acceptors (Lipinski definition) is 7. The summed E-state index contributed by atoms with van der Waals surface area (Å²) in [7, 11) is 1.50. The van der Waals surface area contributed by atoms with E-state index in [2.05, 4.69) is 20.9 Å². The van der Waals surface area contributed by atoms with Crippen LogP contribution < -0.4 is 27.4 Å². The molecule has 0 fully saturated rings. The maximum atomic E-state index is 14.4. The number of aromatic nitrogens is 1. The number of para-hydroxylation sites is 1. The zero-order valence-electron chi connectivity index (χ0n) is 29.4. The Morgan fingerprint density at radius 1 is 0.887 bits per heavy atom. The van der Waals surface area contributed by atoms with Crippen LogP contribution in [0.4, 0.5) is 13.2 Å². The van der Waals surface area contributed by atoms with Gasteiger partial charge in [-0.3, -0.25) is 14.4 Å². The summed E-state index contributed by atoms with van der Waals surface area (Å²) in [6, 6.07) is 13.9. The lowest BCUT2D eigenvalue weighted by Gasteiger charge is -2.32. The normalized spacial score (nSPS) is 19.3. The number of amides is 3. The molecule has 3 atom stereocenters. The minimum absolute atomic E-state index is 0.0839. The highest BCUT2D eigenvalue weighted by molar-refractivity contribution is 7.99. The number of hydrogen-bond donors (Lipinski definition) is 6. The maximum absolute atomic E-state index is 14.4. The summed E-state index contributed by atoms with van der Waals surface area (Å²) in [5, 5.41) is 9.83. The van der Waals surface area contributed by atoms with E-state index in [0.29, 0.717) is 48.6 Å². The maximum Gasteiger partial charge on any atom is 0.416 e. The van der Waals surface area contributed by atoms with E-state index in [0.717, 1.165) is 34.2 Å².